The lowest BCUT2D eigenvalue weighted by molar-refractivity contribution is 0.262. The van der Waals surface area contributed by atoms with Crippen LogP contribution in [0.25, 0.3) is 11.2 Å². The normalized spacial score (nSPS) is 20.7. The molecule has 5 rings (SSSR count). The number of aliphatic hydroxyl groups is 1. The zero-order valence-electron chi connectivity index (χ0n) is 16.9. The minimum Gasteiger partial charge on any atom is -0.394 e. The molecule has 0 unspecified atom stereocenters. The van der Waals surface area contributed by atoms with E-state index in [2.05, 4.69) is 36.0 Å². The zero-order chi connectivity index (χ0) is 21.6. The molecule has 1 saturated heterocycles. The van der Waals surface area contributed by atoms with E-state index in [-0.39, 0.29) is 12.6 Å². The lowest BCUT2D eigenvalue weighted by atomic mass is 10.0. The predicted molar refractivity (Wildman–Crippen MR) is 119 cm³/mol. The van der Waals surface area contributed by atoms with Crippen molar-refractivity contribution in [3.05, 3.63) is 42.4 Å². The maximum atomic E-state index is 11.5. The molecule has 1 fully saturated rings. The first kappa shape index (κ1) is 19.8. The summed E-state index contributed by atoms with van der Waals surface area (Å²) < 4.78 is 25.5. The molecule has 2 atom stereocenters. The molecule has 11 heteroatoms. The highest BCUT2D eigenvalue weighted by Gasteiger charge is 2.40. The number of anilines is 4. The number of nitrogens with zero attached hydrogens (tertiary/aromatic N) is 4. The van der Waals surface area contributed by atoms with Gasteiger partial charge in [0.1, 0.15) is 0 Å². The van der Waals surface area contributed by atoms with Crippen molar-refractivity contribution in [3.63, 3.8) is 0 Å². The van der Waals surface area contributed by atoms with Gasteiger partial charge in [0.15, 0.2) is 17.0 Å². The van der Waals surface area contributed by atoms with Gasteiger partial charge >= 0.3 is 0 Å². The molecule has 10 nitrogen and oxygen atoms in total. The van der Waals surface area contributed by atoms with Crippen LogP contribution in [0, 0.1) is 5.92 Å². The number of hydrogen-bond acceptors (Lipinski definition) is 8. The molecule has 0 saturated carbocycles. The molecule has 0 amide bonds. The van der Waals surface area contributed by atoms with Crippen molar-refractivity contribution in [3.8, 4) is 0 Å². The molecule has 4 N–H and O–H groups in total. The Morgan fingerprint density at radius 1 is 1.29 bits per heavy atom. The molecule has 1 aliphatic carbocycles. The number of allylic oxidation sites excluding steroid dienone is 2. The third-order valence-corrected chi connectivity index (χ3v) is 6.21. The van der Waals surface area contributed by atoms with Gasteiger partial charge in [0.25, 0.3) is 0 Å². The van der Waals surface area contributed by atoms with Gasteiger partial charge in [0, 0.05) is 17.3 Å². The van der Waals surface area contributed by atoms with E-state index in [4.69, 9.17) is 4.98 Å². The first-order valence-corrected chi connectivity index (χ1v) is 12.0. The monoisotopic (exact) mass is 441 g/mol. The summed E-state index contributed by atoms with van der Waals surface area (Å²) in [5.41, 5.74) is 3.49. The van der Waals surface area contributed by atoms with Crippen molar-refractivity contribution in [2.45, 2.75) is 25.3 Å². The molecular formula is C20H23N7O3S. The first-order chi connectivity index (χ1) is 14.9. The SMILES string of the molecule is CS(=O)(=O)Nc1cccc(Nc2nc(N3C4=CCC[C@H]4C[C@H]3CO)c3nc[nH]c3n2)c1. The summed E-state index contributed by atoms with van der Waals surface area (Å²) >= 11 is 0. The van der Waals surface area contributed by atoms with Crippen LogP contribution >= 0.6 is 0 Å². The molecule has 2 aliphatic rings. The largest absolute Gasteiger partial charge is 0.394 e. The Morgan fingerprint density at radius 2 is 2.13 bits per heavy atom. The van der Waals surface area contributed by atoms with Crippen LogP contribution in [0.15, 0.2) is 42.4 Å². The number of aromatic nitrogens is 4. The van der Waals surface area contributed by atoms with Gasteiger partial charge < -0.3 is 20.3 Å². The number of aromatic amines is 1. The van der Waals surface area contributed by atoms with Crippen LogP contribution in [-0.4, -0.2) is 52.4 Å². The second-order valence-corrected chi connectivity index (χ2v) is 9.64. The summed E-state index contributed by atoms with van der Waals surface area (Å²) in [5.74, 6) is 1.42. The highest BCUT2D eigenvalue weighted by Crippen LogP contribution is 2.44. The Hall–Kier alpha value is -3.18. The maximum Gasteiger partial charge on any atom is 0.231 e. The second-order valence-electron chi connectivity index (χ2n) is 7.90. The minimum absolute atomic E-state index is 0.0335. The number of benzene rings is 1. The van der Waals surface area contributed by atoms with E-state index in [1.165, 1.54) is 5.70 Å². The Balaban J connectivity index is 1.53. The molecule has 1 aliphatic heterocycles. The standard InChI is InChI=1S/C20H23N7O3S/c1-31(29,30)26-14-6-3-5-13(9-14)23-20-24-18-17(21-11-22-18)19(25-20)27-15(10-28)8-12-4-2-7-16(12)27/h3,5-7,9,11-12,15,26,28H,2,4,8,10H2,1H3,(H2,21,22,23,24,25)/t12-,15-/m0/s1. The number of rotatable bonds is 6. The number of hydrogen-bond donors (Lipinski definition) is 4. The van der Waals surface area contributed by atoms with Gasteiger partial charge in [-0.2, -0.15) is 9.97 Å². The number of nitrogens with one attached hydrogen (secondary N) is 3. The number of aliphatic hydroxyl groups excluding tert-OH is 1. The van der Waals surface area contributed by atoms with E-state index in [0.717, 1.165) is 25.5 Å². The molecule has 31 heavy (non-hydrogen) atoms. The molecule has 0 bridgehead atoms. The first-order valence-electron chi connectivity index (χ1n) is 10.1. The van der Waals surface area contributed by atoms with Crippen LogP contribution in [0.3, 0.4) is 0 Å². The number of sulfonamides is 1. The van der Waals surface area contributed by atoms with E-state index in [9.17, 15) is 13.5 Å². The van der Waals surface area contributed by atoms with E-state index >= 15 is 0 Å². The Bertz CT molecular complexity index is 1270. The number of H-pyrrole nitrogens is 1. The maximum absolute atomic E-state index is 11.5. The Morgan fingerprint density at radius 3 is 2.94 bits per heavy atom. The summed E-state index contributed by atoms with van der Waals surface area (Å²) in [6.45, 7) is 0.0335. The molecular weight excluding hydrogens is 418 g/mol. The van der Waals surface area contributed by atoms with E-state index in [1.54, 1.807) is 30.6 Å². The van der Waals surface area contributed by atoms with Gasteiger partial charge in [0.2, 0.25) is 16.0 Å². The fourth-order valence-electron chi connectivity index (χ4n) is 4.42. The number of fused-ring (bicyclic) bond motifs is 2. The molecule has 0 spiro atoms. The molecule has 162 valence electrons. The average Bonchev–Trinajstić information content (AvgIpc) is 3.41. The van der Waals surface area contributed by atoms with Crippen LogP contribution in [0.2, 0.25) is 0 Å². The van der Waals surface area contributed by atoms with E-state index < -0.39 is 10.0 Å². The predicted octanol–water partition coefficient (Wildman–Crippen LogP) is 2.33. The van der Waals surface area contributed by atoms with Crippen molar-refractivity contribution in [2.24, 2.45) is 5.92 Å². The van der Waals surface area contributed by atoms with Gasteiger partial charge in [-0.3, -0.25) is 4.72 Å². The minimum atomic E-state index is -3.38. The van der Waals surface area contributed by atoms with Crippen LogP contribution in [-0.2, 0) is 10.0 Å². The third kappa shape index (κ3) is 3.81. The highest BCUT2D eigenvalue weighted by atomic mass is 32.2. The fraction of sp³-hybridized carbons (Fsp3) is 0.350. The van der Waals surface area contributed by atoms with Crippen molar-refractivity contribution in [1.29, 1.82) is 0 Å². The fourth-order valence-corrected chi connectivity index (χ4v) is 4.98. The summed E-state index contributed by atoms with van der Waals surface area (Å²) in [4.78, 5) is 18.8. The topological polar surface area (TPSA) is 136 Å². The van der Waals surface area contributed by atoms with Crippen LogP contribution < -0.4 is 14.9 Å². The van der Waals surface area contributed by atoms with Crippen molar-refractivity contribution in [2.75, 3.05) is 27.8 Å². The quantitative estimate of drug-likeness (QED) is 0.458. The van der Waals surface area contributed by atoms with Crippen molar-refractivity contribution >= 4 is 44.3 Å². The summed E-state index contributed by atoms with van der Waals surface area (Å²) in [6.07, 6.45) is 7.90. The second kappa shape index (κ2) is 7.50. The molecule has 3 heterocycles. The van der Waals surface area contributed by atoms with Crippen molar-refractivity contribution < 1.29 is 13.5 Å². The molecule has 2 aromatic heterocycles. The summed E-state index contributed by atoms with van der Waals surface area (Å²) in [7, 11) is -3.38. The molecule has 3 aromatic rings. The summed E-state index contributed by atoms with van der Waals surface area (Å²) in [6, 6.07) is 6.82. The lowest BCUT2D eigenvalue weighted by Gasteiger charge is -2.26. The molecule has 0 radical (unpaired) electrons. The zero-order valence-corrected chi connectivity index (χ0v) is 17.7. The Labute approximate surface area is 179 Å². The van der Waals surface area contributed by atoms with Gasteiger partial charge in [-0.05, 0) is 37.5 Å². The van der Waals surface area contributed by atoms with Crippen LogP contribution in [0.4, 0.5) is 23.1 Å². The van der Waals surface area contributed by atoms with Gasteiger partial charge in [-0.25, -0.2) is 13.4 Å². The van der Waals surface area contributed by atoms with E-state index in [0.29, 0.717) is 40.2 Å². The highest BCUT2D eigenvalue weighted by molar-refractivity contribution is 7.92. The van der Waals surface area contributed by atoms with Gasteiger partial charge in [-0.15, -0.1) is 0 Å². The third-order valence-electron chi connectivity index (χ3n) is 5.61. The Kier molecular flexibility index (Phi) is 4.78. The van der Waals surface area contributed by atoms with E-state index in [1.807, 2.05) is 0 Å². The van der Waals surface area contributed by atoms with Crippen LogP contribution in [0.1, 0.15) is 19.3 Å². The lowest BCUT2D eigenvalue weighted by Crippen LogP contribution is -2.32. The van der Waals surface area contributed by atoms with Crippen molar-refractivity contribution in [1.82, 2.24) is 19.9 Å². The summed E-state index contributed by atoms with van der Waals surface area (Å²) in [5, 5.41) is 13.1. The number of imidazole rings is 1. The van der Waals surface area contributed by atoms with Gasteiger partial charge in [0.05, 0.1) is 30.9 Å². The smallest absolute Gasteiger partial charge is 0.231 e. The van der Waals surface area contributed by atoms with Crippen LogP contribution in [0.5, 0.6) is 0 Å². The average molecular weight is 442 g/mol. The van der Waals surface area contributed by atoms with Gasteiger partial charge in [-0.1, -0.05) is 12.1 Å². The molecule has 1 aromatic carbocycles.